The van der Waals surface area contributed by atoms with E-state index in [0.717, 1.165) is 6.42 Å². The van der Waals surface area contributed by atoms with Gasteiger partial charge in [0.05, 0.1) is 19.9 Å². The van der Waals surface area contributed by atoms with Gasteiger partial charge < -0.3 is 19.7 Å². The van der Waals surface area contributed by atoms with Crippen LogP contribution >= 0.6 is 0 Å². The number of carbonyl (C=O) groups is 2. The van der Waals surface area contributed by atoms with Crippen molar-refractivity contribution in [1.82, 2.24) is 15.1 Å². The van der Waals surface area contributed by atoms with Crippen molar-refractivity contribution in [1.29, 1.82) is 0 Å². The molecular weight excluding hydrogens is 360 g/mol. The van der Waals surface area contributed by atoms with E-state index in [4.69, 9.17) is 9.47 Å². The van der Waals surface area contributed by atoms with Gasteiger partial charge in [-0.25, -0.2) is 0 Å². The number of nitrogens with one attached hydrogen (secondary N) is 1. The van der Waals surface area contributed by atoms with Crippen LogP contribution in [0.3, 0.4) is 0 Å². The van der Waals surface area contributed by atoms with E-state index in [1.807, 2.05) is 4.90 Å². The Morgan fingerprint density at radius 3 is 2.57 bits per heavy atom. The van der Waals surface area contributed by atoms with E-state index in [9.17, 15) is 9.59 Å². The fourth-order valence-corrected chi connectivity index (χ4v) is 3.26. The zero-order valence-corrected chi connectivity index (χ0v) is 16.5. The minimum Gasteiger partial charge on any atom is -0.493 e. The number of benzene rings is 1. The van der Waals surface area contributed by atoms with E-state index in [0.29, 0.717) is 35.8 Å². The summed E-state index contributed by atoms with van der Waals surface area (Å²) < 4.78 is 10.8. The second-order valence-electron chi connectivity index (χ2n) is 7.46. The van der Waals surface area contributed by atoms with Crippen LogP contribution in [0.5, 0.6) is 11.5 Å². The Hall–Kier alpha value is -3.16. The lowest BCUT2D eigenvalue weighted by molar-refractivity contribution is 0.0777. The van der Waals surface area contributed by atoms with E-state index in [2.05, 4.69) is 29.4 Å². The molecule has 148 valence electrons. The van der Waals surface area contributed by atoms with Crippen LogP contribution < -0.4 is 14.8 Å². The molecule has 3 rings (SSSR count). The molecule has 1 aliphatic rings. The van der Waals surface area contributed by atoms with Crippen molar-refractivity contribution in [2.24, 2.45) is 5.41 Å². The van der Waals surface area contributed by atoms with Crippen LogP contribution in [0.15, 0.2) is 30.5 Å². The van der Waals surface area contributed by atoms with Gasteiger partial charge in [-0.05, 0) is 36.1 Å². The molecule has 1 saturated heterocycles. The normalized spacial score (nSPS) is 15.2. The summed E-state index contributed by atoms with van der Waals surface area (Å²) in [5, 5.41) is 10.2. The van der Waals surface area contributed by atoms with Crippen molar-refractivity contribution in [3.8, 4) is 11.5 Å². The standard InChI is InChI=1S/C20H24N4O4/c1-20(2)7-9-24(12-20)19(26)13-10-15(17(28-4)16(11-13)27-3)22-18(25)14-6-5-8-21-23-14/h5-6,8,10-11H,7,9,12H2,1-4H3,(H,22,25). The molecule has 0 unspecified atom stereocenters. The van der Waals surface area contributed by atoms with Crippen LogP contribution in [0.2, 0.25) is 0 Å². The smallest absolute Gasteiger partial charge is 0.276 e. The number of carbonyl (C=O) groups excluding carboxylic acids is 2. The van der Waals surface area contributed by atoms with E-state index in [1.54, 1.807) is 24.3 Å². The molecule has 1 N–H and O–H groups in total. The average molecular weight is 384 g/mol. The maximum atomic E-state index is 13.0. The van der Waals surface area contributed by atoms with Gasteiger partial charge >= 0.3 is 0 Å². The zero-order valence-electron chi connectivity index (χ0n) is 16.5. The second kappa shape index (κ2) is 7.84. The molecule has 0 spiro atoms. The quantitative estimate of drug-likeness (QED) is 0.852. The van der Waals surface area contributed by atoms with Crippen molar-refractivity contribution in [3.05, 3.63) is 41.7 Å². The molecule has 1 fully saturated rings. The summed E-state index contributed by atoms with van der Waals surface area (Å²) in [4.78, 5) is 27.3. The number of rotatable bonds is 5. The first kappa shape index (κ1) is 19.6. The molecule has 28 heavy (non-hydrogen) atoms. The van der Waals surface area contributed by atoms with Crippen LogP contribution in [0.25, 0.3) is 0 Å². The third-order valence-corrected chi connectivity index (χ3v) is 4.74. The van der Waals surface area contributed by atoms with Crippen LogP contribution in [0.1, 0.15) is 41.1 Å². The molecule has 0 saturated carbocycles. The molecule has 2 amide bonds. The van der Waals surface area contributed by atoms with Crippen LogP contribution in [0, 0.1) is 5.41 Å². The SMILES string of the molecule is COc1cc(C(=O)N2CCC(C)(C)C2)cc(NC(=O)c2cccnn2)c1OC. The van der Waals surface area contributed by atoms with Gasteiger partial charge in [-0.15, -0.1) is 5.10 Å². The topological polar surface area (TPSA) is 93.7 Å². The first-order valence-electron chi connectivity index (χ1n) is 8.99. The van der Waals surface area contributed by atoms with Gasteiger partial charge in [0.2, 0.25) is 0 Å². The molecule has 0 bridgehead atoms. The molecular formula is C20H24N4O4. The van der Waals surface area contributed by atoms with Crippen LogP contribution in [-0.2, 0) is 0 Å². The highest BCUT2D eigenvalue weighted by molar-refractivity contribution is 6.05. The van der Waals surface area contributed by atoms with Crippen molar-refractivity contribution >= 4 is 17.5 Å². The Balaban J connectivity index is 1.93. The van der Waals surface area contributed by atoms with Crippen LogP contribution in [0.4, 0.5) is 5.69 Å². The summed E-state index contributed by atoms with van der Waals surface area (Å²) >= 11 is 0. The lowest BCUT2D eigenvalue weighted by Gasteiger charge is -2.21. The molecule has 0 aliphatic carbocycles. The lowest BCUT2D eigenvalue weighted by atomic mass is 9.93. The van der Waals surface area contributed by atoms with Crippen molar-refractivity contribution in [3.63, 3.8) is 0 Å². The number of anilines is 1. The Morgan fingerprint density at radius 2 is 2.00 bits per heavy atom. The molecule has 0 radical (unpaired) electrons. The Bertz CT molecular complexity index is 883. The van der Waals surface area contributed by atoms with Gasteiger partial charge in [-0.2, -0.15) is 5.10 Å². The number of aromatic nitrogens is 2. The van der Waals surface area contributed by atoms with Crippen molar-refractivity contribution in [2.45, 2.75) is 20.3 Å². The van der Waals surface area contributed by atoms with E-state index >= 15 is 0 Å². The van der Waals surface area contributed by atoms with Crippen LogP contribution in [-0.4, -0.2) is 54.2 Å². The fraction of sp³-hybridized carbons (Fsp3) is 0.400. The molecule has 8 heteroatoms. The number of nitrogens with zero attached hydrogens (tertiary/aromatic N) is 3. The monoisotopic (exact) mass is 384 g/mol. The van der Waals surface area contributed by atoms with Crippen molar-refractivity contribution in [2.75, 3.05) is 32.6 Å². The van der Waals surface area contributed by atoms with Gasteiger partial charge in [0.15, 0.2) is 17.2 Å². The number of hydrogen-bond donors (Lipinski definition) is 1. The molecule has 0 atom stereocenters. The molecule has 1 aromatic heterocycles. The molecule has 2 heterocycles. The minimum absolute atomic E-state index is 0.0925. The maximum absolute atomic E-state index is 13.0. The summed E-state index contributed by atoms with van der Waals surface area (Å²) in [6, 6.07) is 6.40. The largest absolute Gasteiger partial charge is 0.493 e. The summed E-state index contributed by atoms with van der Waals surface area (Å²) in [6.07, 6.45) is 2.43. The highest BCUT2D eigenvalue weighted by Gasteiger charge is 2.33. The molecule has 1 aromatic carbocycles. The zero-order chi connectivity index (χ0) is 20.3. The number of methoxy groups -OCH3 is 2. The van der Waals surface area contributed by atoms with E-state index in [1.165, 1.54) is 20.4 Å². The summed E-state index contributed by atoms with van der Waals surface area (Å²) in [6.45, 7) is 5.66. The number of likely N-dealkylation sites (tertiary alicyclic amines) is 1. The number of hydrogen-bond acceptors (Lipinski definition) is 6. The summed E-state index contributed by atoms with van der Waals surface area (Å²) in [7, 11) is 2.96. The van der Waals surface area contributed by atoms with Gasteiger partial charge in [-0.1, -0.05) is 13.8 Å². The van der Waals surface area contributed by atoms with E-state index in [-0.39, 0.29) is 17.0 Å². The Morgan fingerprint density at radius 1 is 1.21 bits per heavy atom. The number of amides is 2. The predicted octanol–water partition coefficient (Wildman–Crippen LogP) is 2.62. The van der Waals surface area contributed by atoms with E-state index < -0.39 is 5.91 Å². The first-order chi connectivity index (χ1) is 13.3. The van der Waals surface area contributed by atoms with Crippen molar-refractivity contribution < 1.29 is 19.1 Å². The molecule has 1 aliphatic heterocycles. The van der Waals surface area contributed by atoms with Gasteiger partial charge in [0, 0.05) is 24.8 Å². The first-order valence-corrected chi connectivity index (χ1v) is 8.99. The Kier molecular flexibility index (Phi) is 5.48. The highest BCUT2D eigenvalue weighted by atomic mass is 16.5. The summed E-state index contributed by atoms with van der Waals surface area (Å²) in [5.74, 6) is 0.126. The number of ether oxygens (including phenoxy) is 2. The minimum atomic E-state index is -0.458. The van der Waals surface area contributed by atoms with Gasteiger partial charge in [0.25, 0.3) is 11.8 Å². The predicted molar refractivity (Wildman–Crippen MR) is 104 cm³/mol. The lowest BCUT2D eigenvalue weighted by Crippen LogP contribution is -2.30. The molecule has 2 aromatic rings. The fourth-order valence-electron chi connectivity index (χ4n) is 3.26. The van der Waals surface area contributed by atoms with Gasteiger partial charge in [-0.3, -0.25) is 9.59 Å². The third-order valence-electron chi connectivity index (χ3n) is 4.74. The highest BCUT2D eigenvalue weighted by Crippen LogP contribution is 2.38. The molecule has 8 nitrogen and oxygen atoms in total. The maximum Gasteiger partial charge on any atom is 0.276 e. The average Bonchev–Trinajstić information content (AvgIpc) is 3.07. The third kappa shape index (κ3) is 4.05. The van der Waals surface area contributed by atoms with Gasteiger partial charge in [0.1, 0.15) is 0 Å². The summed E-state index contributed by atoms with van der Waals surface area (Å²) in [5.41, 5.74) is 1.00. The Labute approximate surface area is 163 Å². The second-order valence-corrected chi connectivity index (χ2v) is 7.46.